The van der Waals surface area contributed by atoms with E-state index in [4.69, 9.17) is 4.74 Å². The van der Waals surface area contributed by atoms with Gasteiger partial charge in [0.1, 0.15) is 5.03 Å². The van der Waals surface area contributed by atoms with E-state index in [2.05, 4.69) is 34.3 Å². The van der Waals surface area contributed by atoms with Gasteiger partial charge in [-0.2, -0.15) is 5.10 Å². The summed E-state index contributed by atoms with van der Waals surface area (Å²) in [4.78, 5) is 2.48. The molecule has 0 unspecified atom stereocenters. The van der Waals surface area contributed by atoms with Gasteiger partial charge in [-0.3, -0.25) is 4.68 Å². The molecule has 23 heavy (non-hydrogen) atoms. The largest absolute Gasteiger partial charge is 0.383 e. The summed E-state index contributed by atoms with van der Waals surface area (Å²) < 4.78 is 9.70. The summed E-state index contributed by atoms with van der Waals surface area (Å²) in [6.07, 6.45) is 5.42. The molecule has 2 fully saturated rings. The van der Waals surface area contributed by atoms with E-state index < -0.39 is 0 Å². The fourth-order valence-electron chi connectivity index (χ4n) is 3.93. The Labute approximate surface area is 144 Å². The predicted molar refractivity (Wildman–Crippen MR) is 94.6 cm³/mol. The summed E-state index contributed by atoms with van der Waals surface area (Å²) >= 11 is 1.87. The SMILES string of the molecule is COCCN(C)C1CC2(CCN(Sc3cc(C)nn3C)CC2)C1. The van der Waals surface area contributed by atoms with Crippen LogP contribution in [0.5, 0.6) is 0 Å². The summed E-state index contributed by atoms with van der Waals surface area (Å²) in [6.45, 7) is 6.35. The Bertz CT molecular complexity index is 517. The van der Waals surface area contributed by atoms with Gasteiger partial charge in [-0.25, -0.2) is 4.31 Å². The third kappa shape index (κ3) is 3.92. The second-order valence-electron chi connectivity index (χ2n) is 7.30. The van der Waals surface area contributed by atoms with Crippen molar-refractivity contribution >= 4 is 11.9 Å². The minimum Gasteiger partial charge on any atom is -0.383 e. The molecule has 1 aliphatic carbocycles. The molecule has 0 bridgehead atoms. The zero-order chi connectivity index (χ0) is 16.4. The van der Waals surface area contributed by atoms with Crippen LogP contribution in [0.3, 0.4) is 0 Å². The normalized spacial score (nSPS) is 22.0. The molecule has 3 rings (SSSR count). The number of nitrogens with zero attached hydrogens (tertiary/aromatic N) is 4. The molecule has 1 aromatic heterocycles. The minimum atomic E-state index is 0.617. The lowest BCUT2D eigenvalue weighted by atomic mass is 9.60. The monoisotopic (exact) mass is 338 g/mol. The van der Waals surface area contributed by atoms with Gasteiger partial charge in [0.25, 0.3) is 0 Å². The second-order valence-corrected chi connectivity index (χ2v) is 8.42. The van der Waals surface area contributed by atoms with Gasteiger partial charge in [0, 0.05) is 39.8 Å². The zero-order valence-corrected chi connectivity index (χ0v) is 15.7. The summed E-state index contributed by atoms with van der Waals surface area (Å²) in [7, 11) is 6.06. The molecule has 0 aromatic carbocycles. The van der Waals surface area contributed by atoms with Crippen molar-refractivity contribution in [1.82, 2.24) is 19.0 Å². The van der Waals surface area contributed by atoms with Gasteiger partial charge in [-0.05, 0) is 63.1 Å². The van der Waals surface area contributed by atoms with Crippen LogP contribution in [0.25, 0.3) is 0 Å². The predicted octanol–water partition coefficient (Wildman–Crippen LogP) is 2.56. The van der Waals surface area contributed by atoms with E-state index in [0.717, 1.165) is 24.9 Å². The van der Waals surface area contributed by atoms with Crippen molar-refractivity contribution in [2.75, 3.05) is 40.4 Å². The molecule has 1 spiro atoms. The second kappa shape index (κ2) is 7.13. The lowest BCUT2D eigenvalue weighted by molar-refractivity contribution is -0.0264. The number of likely N-dealkylation sites (N-methyl/N-ethyl adjacent to an activating group) is 1. The fraction of sp³-hybridized carbons (Fsp3) is 0.824. The third-order valence-corrected chi connectivity index (χ3v) is 6.77. The van der Waals surface area contributed by atoms with Crippen molar-refractivity contribution in [3.8, 4) is 0 Å². The number of piperidine rings is 1. The lowest BCUT2D eigenvalue weighted by Gasteiger charge is -2.54. The maximum atomic E-state index is 5.19. The number of aryl methyl sites for hydroxylation is 2. The number of methoxy groups -OCH3 is 1. The summed E-state index contributed by atoms with van der Waals surface area (Å²) in [6, 6.07) is 2.95. The molecule has 1 aromatic rings. The number of hydrogen-bond acceptors (Lipinski definition) is 5. The van der Waals surface area contributed by atoms with Crippen LogP contribution in [0.4, 0.5) is 0 Å². The van der Waals surface area contributed by atoms with Gasteiger partial charge < -0.3 is 9.64 Å². The first-order valence-corrected chi connectivity index (χ1v) is 9.41. The molecule has 0 radical (unpaired) electrons. The highest BCUT2D eigenvalue weighted by Crippen LogP contribution is 2.51. The van der Waals surface area contributed by atoms with Crippen LogP contribution < -0.4 is 0 Å². The molecular formula is C17H30N4OS. The van der Waals surface area contributed by atoms with Gasteiger partial charge in [-0.15, -0.1) is 0 Å². The Morgan fingerprint density at radius 3 is 2.65 bits per heavy atom. The number of rotatable bonds is 6. The smallest absolute Gasteiger partial charge is 0.109 e. The number of ether oxygens (including phenoxy) is 1. The van der Waals surface area contributed by atoms with Crippen LogP contribution >= 0.6 is 11.9 Å². The van der Waals surface area contributed by atoms with E-state index in [0.29, 0.717) is 5.41 Å². The summed E-state index contributed by atoms with van der Waals surface area (Å²) in [5.74, 6) is 0. The molecule has 6 heteroatoms. The highest BCUT2D eigenvalue weighted by atomic mass is 32.2. The molecule has 0 amide bonds. The third-order valence-electron chi connectivity index (χ3n) is 5.57. The first-order valence-electron chi connectivity index (χ1n) is 8.64. The van der Waals surface area contributed by atoms with Crippen LogP contribution in [0.1, 0.15) is 31.4 Å². The fourth-order valence-corrected chi connectivity index (χ4v) is 4.95. The van der Waals surface area contributed by atoms with E-state index >= 15 is 0 Å². The van der Waals surface area contributed by atoms with E-state index in [1.54, 1.807) is 7.11 Å². The first-order chi connectivity index (χ1) is 11.0. The molecule has 5 nitrogen and oxygen atoms in total. The Morgan fingerprint density at radius 1 is 1.39 bits per heavy atom. The molecular weight excluding hydrogens is 308 g/mol. The maximum absolute atomic E-state index is 5.19. The van der Waals surface area contributed by atoms with Gasteiger partial charge in [0.15, 0.2) is 0 Å². The number of aromatic nitrogens is 2. The molecule has 2 heterocycles. The van der Waals surface area contributed by atoms with Crippen LogP contribution in [-0.4, -0.2) is 65.4 Å². The van der Waals surface area contributed by atoms with E-state index in [1.807, 2.05) is 23.7 Å². The molecule has 0 atom stereocenters. The van der Waals surface area contributed by atoms with E-state index in [-0.39, 0.29) is 0 Å². The molecule has 1 saturated heterocycles. The molecule has 0 N–H and O–H groups in total. The lowest BCUT2D eigenvalue weighted by Crippen LogP contribution is -2.53. The Hall–Kier alpha value is -0.560. The van der Waals surface area contributed by atoms with Crippen molar-refractivity contribution in [3.05, 3.63) is 11.8 Å². The average molecular weight is 339 g/mol. The Kier molecular flexibility index (Phi) is 5.35. The molecule has 2 aliphatic rings. The summed E-state index contributed by atoms with van der Waals surface area (Å²) in [5, 5.41) is 5.69. The van der Waals surface area contributed by atoms with Crippen molar-refractivity contribution in [3.63, 3.8) is 0 Å². The van der Waals surface area contributed by atoms with Crippen molar-refractivity contribution < 1.29 is 4.74 Å². The topological polar surface area (TPSA) is 33.5 Å². The average Bonchev–Trinajstić information content (AvgIpc) is 2.81. The first kappa shape index (κ1) is 17.3. The van der Waals surface area contributed by atoms with Crippen LogP contribution in [0.2, 0.25) is 0 Å². The quantitative estimate of drug-likeness (QED) is 0.745. The van der Waals surface area contributed by atoms with E-state index in [9.17, 15) is 0 Å². The zero-order valence-electron chi connectivity index (χ0n) is 14.9. The summed E-state index contributed by atoms with van der Waals surface area (Å²) in [5.41, 5.74) is 1.72. The number of hydrogen-bond donors (Lipinski definition) is 0. The molecule has 1 saturated carbocycles. The van der Waals surface area contributed by atoms with Crippen molar-refractivity contribution in [2.45, 2.75) is 43.7 Å². The van der Waals surface area contributed by atoms with Crippen LogP contribution in [0.15, 0.2) is 11.1 Å². The van der Waals surface area contributed by atoms with Gasteiger partial charge in [-0.1, -0.05) is 0 Å². The molecule has 130 valence electrons. The Morgan fingerprint density at radius 2 is 2.09 bits per heavy atom. The van der Waals surface area contributed by atoms with Crippen LogP contribution in [0, 0.1) is 12.3 Å². The standard InChI is InChI=1S/C17H30N4OS/c1-14-11-16(20(3)18-14)23-21-7-5-17(6-8-21)12-15(13-17)19(2)9-10-22-4/h11,15H,5-10,12-13H2,1-4H3. The maximum Gasteiger partial charge on any atom is 0.109 e. The van der Waals surface area contributed by atoms with Gasteiger partial charge >= 0.3 is 0 Å². The van der Waals surface area contributed by atoms with Gasteiger partial charge in [0.05, 0.1) is 12.3 Å². The minimum absolute atomic E-state index is 0.617. The van der Waals surface area contributed by atoms with Crippen LogP contribution in [-0.2, 0) is 11.8 Å². The van der Waals surface area contributed by atoms with E-state index in [1.165, 1.54) is 43.8 Å². The van der Waals surface area contributed by atoms with Crippen molar-refractivity contribution in [1.29, 1.82) is 0 Å². The highest BCUT2D eigenvalue weighted by molar-refractivity contribution is 7.97. The molecule has 1 aliphatic heterocycles. The van der Waals surface area contributed by atoms with Crippen molar-refractivity contribution in [2.24, 2.45) is 12.5 Å². The van der Waals surface area contributed by atoms with Gasteiger partial charge in [0.2, 0.25) is 0 Å². The highest BCUT2D eigenvalue weighted by Gasteiger charge is 2.47. The Balaban J connectivity index is 1.44.